The van der Waals surface area contributed by atoms with Crippen LogP contribution in [-0.2, 0) is 17.9 Å². The van der Waals surface area contributed by atoms with Crippen molar-refractivity contribution in [3.63, 3.8) is 0 Å². The van der Waals surface area contributed by atoms with Gasteiger partial charge in [-0.1, -0.05) is 0 Å². The second kappa shape index (κ2) is 12.2. The Hall–Kier alpha value is -1.70. The Kier molecular flexibility index (Phi) is 8.91. The SMILES string of the molecule is CCCC1=Cc2c(ccc(C(C)C)c2-c2cc(C(C)C)cc(C(C)C)c2)[CH]1[Zr]([Cl])([Cl])[c]1cccc2c1[SiH2]c1ccccc1-2. The molecule has 0 fully saturated rings. The van der Waals surface area contributed by atoms with Crippen molar-refractivity contribution in [2.24, 2.45) is 0 Å². The number of benzene rings is 4. The number of allylic oxidation sites excluding steroid dienone is 1. The topological polar surface area (TPSA) is 0 Å². The minimum absolute atomic E-state index is 0.120. The summed E-state index contributed by atoms with van der Waals surface area (Å²) in [4.78, 5) is 0. The summed E-state index contributed by atoms with van der Waals surface area (Å²) >= 11 is -4.01. The molecule has 1 heterocycles. The van der Waals surface area contributed by atoms with E-state index in [0.717, 1.165) is 12.8 Å². The Morgan fingerprint density at radius 2 is 1.44 bits per heavy atom. The van der Waals surface area contributed by atoms with Gasteiger partial charge in [-0.15, -0.1) is 0 Å². The van der Waals surface area contributed by atoms with E-state index in [1.165, 1.54) is 69.3 Å². The van der Waals surface area contributed by atoms with Crippen LogP contribution in [0.15, 0.2) is 78.4 Å². The van der Waals surface area contributed by atoms with Gasteiger partial charge < -0.3 is 0 Å². The predicted molar refractivity (Wildman–Crippen MR) is 191 cm³/mol. The average Bonchev–Trinajstić information content (AvgIpc) is 3.54. The second-order valence-electron chi connectivity index (χ2n) is 13.6. The van der Waals surface area contributed by atoms with Crippen LogP contribution >= 0.6 is 17.0 Å². The molecule has 0 saturated carbocycles. The van der Waals surface area contributed by atoms with E-state index in [9.17, 15) is 0 Å². The van der Waals surface area contributed by atoms with Gasteiger partial charge in [-0.3, -0.25) is 0 Å². The van der Waals surface area contributed by atoms with Crippen molar-refractivity contribution in [2.75, 3.05) is 0 Å². The Morgan fingerprint density at radius 3 is 2.09 bits per heavy atom. The second-order valence-corrected chi connectivity index (χ2v) is 29.4. The summed E-state index contributed by atoms with van der Waals surface area (Å²) in [6, 6.07) is 27.8. The molecule has 0 saturated heterocycles. The number of fused-ring (bicyclic) bond motifs is 4. The third-order valence-electron chi connectivity index (χ3n) is 9.66. The molecule has 0 radical (unpaired) electrons. The molecule has 1 aliphatic carbocycles. The van der Waals surface area contributed by atoms with Gasteiger partial charge in [-0.2, -0.15) is 0 Å². The summed E-state index contributed by atoms with van der Waals surface area (Å²) in [7, 11) is 15.3. The molecule has 0 N–H and O–H groups in total. The summed E-state index contributed by atoms with van der Waals surface area (Å²) in [6.07, 6.45) is 4.63. The average molecular weight is 703 g/mol. The molecule has 222 valence electrons. The third kappa shape index (κ3) is 5.54. The Labute approximate surface area is 273 Å². The fourth-order valence-corrected chi connectivity index (χ4v) is 24.2. The molecule has 4 aromatic carbocycles. The Morgan fingerprint density at radius 1 is 0.767 bits per heavy atom. The summed E-state index contributed by atoms with van der Waals surface area (Å²) in [5.41, 5.74) is 13.9. The van der Waals surface area contributed by atoms with Crippen molar-refractivity contribution in [2.45, 2.75) is 82.7 Å². The van der Waals surface area contributed by atoms with Crippen molar-refractivity contribution in [3.8, 4) is 22.3 Å². The zero-order valence-electron chi connectivity index (χ0n) is 26.7. The molecule has 0 amide bonds. The summed E-state index contributed by atoms with van der Waals surface area (Å²) < 4.78 is 1.44. The normalized spacial score (nSPS) is 16.3. The van der Waals surface area contributed by atoms with E-state index in [2.05, 4.69) is 127 Å². The van der Waals surface area contributed by atoms with Crippen LogP contribution in [-0.4, -0.2) is 9.52 Å². The molecule has 4 aromatic rings. The van der Waals surface area contributed by atoms with Crippen LogP contribution in [0.5, 0.6) is 0 Å². The van der Waals surface area contributed by atoms with Gasteiger partial charge in [0.15, 0.2) is 0 Å². The molecule has 1 aliphatic heterocycles. The first-order valence-corrected chi connectivity index (χ1v) is 26.5. The first kappa shape index (κ1) is 31.3. The van der Waals surface area contributed by atoms with E-state index < -0.39 is 27.4 Å². The van der Waals surface area contributed by atoms with Crippen molar-refractivity contribution < 1.29 is 17.9 Å². The summed E-state index contributed by atoms with van der Waals surface area (Å²) in [5.74, 6) is 1.35. The van der Waals surface area contributed by atoms with Gasteiger partial charge in [0.2, 0.25) is 0 Å². The van der Waals surface area contributed by atoms with Crippen LogP contribution in [0.1, 0.15) is 111 Å². The van der Waals surface area contributed by atoms with E-state index in [0.29, 0.717) is 17.8 Å². The molecule has 0 spiro atoms. The molecule has 1 unspecified atom stereocenters. The standard InChI is InChI=1S/C27H35.C12H9Si.2ClH.Zr/c1-8-9-20-12-21-10-11-25(19(6)7)27(26(21)13-20)24-15-22(17(2)3)14-23(16-24)18(4)5;1-3-7-11-9(5-1)10-6-2-4-8-12(10)13-11;;;/h10-19H,8-9H2,1-7H3;1-7H,13H2;2*1H;/q;;;;+2/p-2. The number of hydrogen-bond donors (Lipinski definition) is 0. The van der Waals surface area contributed by atoms with E-state index in [-0.39, 0.29) is 3.63 Å². The number of rotatable bonds is 8. The molecule has 0 nitrogen and oxygen atoms in total. The predicted octanol–water partition coefficient (Wildman–Crippen LogP) is 9.85. The van der Waals surface area contributed by atoms with Crippen LogP contribution in [0, 0.1) is 0 Å². The molecular weight excluding hydrogens is 659 g/mol. The molecule has 2 aliphatic rings. The maximum absolute atomic E-state index is 7.94. The molecule has 1 atom stereocenters. The first-order chi connectivity index (χ1) is 20.5. The van der Waals surface area contributed by atoms with Gasteiger partial charge in [0.25, 0.3) is 0 Å². The van der Waals surface area contributed by atoms with Gasteiger partial charge >= 0.3 is 275 Å². The van der Waals surface area contributed by atoms with E-state index >= 15 is 0 Å². The number of hydrogen-bond acceptors (Lipinski definition) is 0. The molecule has 43 heavy (non-hydrogen) atoms. The Bertz CT molecular complexity index is 1700. The third-order valence-corrected chi connectivity index (χ3v) is 24.0. The zero-order chi connectivity index (χ0) is 30.6. The fraction of sp³-hybridized carbons (Fsp3) is 0.333. The summed E-state index contributed by atoms with van der Waals surface area (Å²) in [6.45, 7) is 16.2. The van der Waals surface area contributed by atoms with Crippen molar-refractivity contribution in [3.05, 3.63) is 106 Å². The van der Waals surface area contributed by atoms with E-state index in [4.69, 9.17) is 17.0 Å². The minimum atomic E-state index is -4.01. The molecule has 0 bridgehead atoms. The van der Waals surface area contributed by atoms with Gasteiger partial charge in [-0.05, 0) is 0 Å². The van der Waals surface area contributed by atoms with E-state index in [1.54, 1.807) is 0 Å². The van der Waals surface area contributed by atoms with Crippen LogP contribution in [0.4, 0.5) is 0 Å². The van der Waals surface area contributed by atoms with Crippen molar-refractivity contribution in [1.82, 2.24) is 0 Å². The van der Waals surface area contributed by atoms with Crippen LogP contribution < -0.4 is 13.6 Å². The zero-order valence-corrected chi connectivity index (χ0v) is 32.1. The quantitative estimate of drug-likeness (QED) is 0.141. The van der Waals surface area contributed by atoms with Gasteiger partial charge in [0, 0.05) is 0 Å². The van der Waals surface area contributed by atoms with E-state index in [1.807, 2.05) is 0 Å². The maximum atomic E-state index is 7.94. The summed E-state index contributed by atoms with van der Waals surface area (Å²) in [5, 5.41) is 3.02. The van der Waals surface area contributed by atoms with Crippen LogP contribution in [0.3, 0.4) is 0 Å². The van der Waals surface area contributed by atoms with Crippen LogP contribution in [0.25, 0.3) is 28.3 Å². The Balaban J connectivity index is 1.56. The van der Waals surface area contributed by atoms with Gasteiger partial charge in [0.1, 0.15) is 0 Å². The van der Waals surface area contributed by atoms with Crippen LogP contribution in [0.2, 0.25) is 0 Å². The fourth-order valence-electron chi connectivity index (χ4n) is 7.38. The molecule has 6 rings (SSSR count). The number of halogens is 2. The van der Waals surface area contributed by atoms with Crippen molar-refractivity contribution >= 4 is 46.3 Å². The first-order valence-electron chi connectivity index (χ1n) is 16.1. The molecule has 0 aromatic heterocycles. The monoisotopic (exact) mass is 700 g/mol. The molecule has 4 heteroatoms. The van der Waals surface area contributed by atoms with Crippen molar-refractivity contribution in [1.29, 1.82) is 0 Å². The van der Waals surface area contributed by atoms with Gasteiger partial charge in [-0.25, -0.2) is 0 Å². The molecular formula is C39H44Cl2SiZr. The van der Waals surface area contributed by atoms with Gasteiger partial charge in [0.05, 0.1) is 0 Å².